The van der Waals surface area contributed by atoms with Gasteiger partial charge in [0, 0.05) is 12.6 Å². The van der Waals surface area contributed by atoms with E-state index in [2.05, 4.69) is 17.4 Å². The fourth-order valence-electron chi connectivity index (χ4n) is 5.93. The van der Waals surface area contributed by atoms with Crippen molar-refractivity contribution < 1.29 is 19.1 Å². The summed E-state index contributed by atoms with van der Waals surface area (Å²) in [6, 6.07) is 16.8. The van der Waals surface area contributed by atoms with Gasteiger partial charge in [0.05, 0.1) is 12.1 Å². The van der Waals surface area contributed by atoms with E-state index < -0.39 is 17.5 Å². The molecule has 4 atom stereocenters. The Hall–Kier alpha value is -3.19. The number of carbonyl (C=O) groups is 3. The predicted octanol–water partition coefficient (Wildman–Crippen LogP) is 4.06. The van der Waals surface area contributed by atoms with Gasteiger partial charge in [-0.3, -0.25) is 14.4 Å². The highest BCUT2D eigenvalue weighted by atomic mass is 16.5. The number of benzene rings is 2. The molecule has 0 saturated carbocycles. The Morgan fingerprint density at radius 1 is 1.05 bits per heavy atom. The average Bonchev–Trinajstić information content (AvgIpc) is 3.31. The largest absolute Gasteiger partial charge is 0.465 e. The zero-order valence-electron chi connectivity index (χ0n) is 22.8. The Balaban J connectivity index is 1.65. The number of likely N-dealkylation sites (tertiary alicyclic amines) is 1. The first kappa shape index (κ1) is 27.8. The number of nitrogens with zero attached hydrogens (tertiary/aromatic N) is 1. The van der Waals surface area contributed by atoms with Crippen molar-refractivity contribution in [3.8, 4) is 0 Å². The second-order valence-corrected chi connectivity index (χ2v) is 11.2. The van der Waals surface area contributed by atoms with E-state index in [0.717, 1.165) is 31.2 Å². The van der Waals surface area contributed by atoms with Crippen LogP contribution < -0.4 is 11.1 Å². The van der Waals surface area contributed by atoms with Crippen LogP contribution in [0.25, 0.3) is 0 Å². The number of rotatable bonds is 9. The number of amides is 2. The first-order valence-electron chi connectivity index (χ1n) is 13.9. The van der Waals surface area contributed by atoms with Crippen molar-refractivity contribution in [2.45, 2.75) is 88.8 Å². The number of fused-ring (bicyclic) bond motifs is 1. The summed E-state index contributed by atoms with van der Waals surface area (Å²) < 4.78 is 5.49. The molecule has 2 amide bonds. The average molecular weight is 520 g/mol. The molecule has 204 valence electrons. The molecule has 2 aromatic rings. The molecule has 4 unspecified atom stereocenters. The lowest BCUT2D eigenvalue weighted by molar-refractivity contribution is -0.150. The molecule has 0 aromatic heterocycles. The van der Waals surface area contributed by atoms with E-state index in [1.54, 1.807) is 20.8 Å². The molecule has 0 radical (unpaired) electrons. The normalized spacial score (nSPS) is 20.8. The standard InChI is InChI=1S/C31H41N3O4/c1-4-38-29(36)27(22-13-6-5-7-14-22)26-16-10-11-19-34(26)28(35)25(33-30(37)31(2,3)32)20-23-18-17-21-12-8-9-15-24(21)23/h5-9,12-15,23,25-27H,4,10-11,16-20,32H2,1-3H3,(H,33,37). The van der Waals surface area contributed by atoms with Crippen molar-refractivity contribution in [3.63, 3.8) is 0 Å². The van der Waals surface area contributed by atoms with Gasteiger partial charge in [-0.15, -0.1) is 0 Å². The minimum atomic E-state index is -1.12. The number of esters is 1. The number of hydrogen-bond acceptors (Lipinski definition) is 5. The van der Waals surface area contributed by atoms with Gasteiger partial charge in [-0.25, -0.2) is 0 Å². The fraction of sp³-hybridized carbons (Fsp3) is 0.516. The van der Waals surface area contributed by atoms with Crippen LogP contribution in [0, 0.1) is 0 Å². The molecule has 1 saturated heterocycles. The van der Waals surface area contributed by atoms with Gasteiger partial charge in [0.2, 0.25) is 11.8 Å². The van der Waals surface area contributed by atoms with E-state index in [9.17, 15) is 14.4 Å². The molecule has 4 rings (SSSR count). The molecule has 3 N–H and O–H groups in total. The maximum Gasteiger partial charge on any atom is 0.315 e. The van der Waals surface area contributed by atoms with Crippen LogP contribution in [-0.4, -0.2) is 53.5 Å². The molecule has 1 aliphatic carbocycles. The molecule has 38 heavy (non-hydrogen) atoms. The smallest absolute Gasteiger partial charge is 0.315 e. The predicted molar refractivity (Wildman–Crippen MR) is 147 cm³/mol. The van der Waals surface area contributed by atoms with Crippen LogP contribution in [0.15, 0.2) is 54.6 Å². The van der Waals surface area contributed by atoms with Crippen molar-refractivity contribution in [2.24, 2.45) is 5.73 Å². The van der Waals surface area contributed by atoms with Gasteiger partial charge in [-0.05, 0) is 81.9 Å². The third-order valence-electron chi connectivity index (χ3n) is 7.88. The van der Waals surface area contributed by atoms with Crippen molar-refractivity contribution in [2.75, 3.05) is 13.2 Å². The highest BCUT2D eigenvalue weighted by Crippen LogP contribution is 2.38. The van der Waals surface area contributed by atoms with Crippen molar-refractivity contribution >= 4 is 17.8 Å². The van der Waals surface area contributed by atoms with Gasteiger partial charge in [-0.1, -0.05) is 54.6 Å². The fourth-order valence-corrected chi connectivity index (χ4v) is 5.93. The Morgan fingerprint density at radius 2 is 1.76 bits per heavy atom. The maximum atomic E-state index is 14.3. The summed E-state index contributed by atoms with van der Waals surface area (Å²) in [5.41, 5.74) is 8.38. The Labute approximate surface area is 226 Å². The zero-order chi connectivity index (χ0) is 27.3. The minimum absolute atomic E-state index is 0.151. The third kappa shape index (κ3) is 6.26. The molecular formula is C31H41N3O4. The molecule has 0 spiro atoms. The van der Waals surface area contributed by atoms with Gasteiger partial charge in [0.25, 0.3) is 0 Å². The van der Waals surface area contributed by atoms with Crippen LogP contribution in [0.4, 0.5) is 0 Å². The van der Waals surface area contributed by atoms with Gasteiger partial charge >= 0.3 is 5.97 Å². The van der Waals surface area contributed by atoms with E-state index in [1.165, 1.54) is 11.1 Å². The van der Waals surface area contributed by atoms with Crippen molar-refractivity contribution in [1.29, 1.82) is 0 Å². The number of hydrogen-bond donors (Lipinski definition) is 2. The SMILES string of the molecule is CCOC(=O)C(c1ccccc1)C1CCCCN1C(=O)C(CC1CCc2ccccc21)NC(=O)C(C)(C)N. The molecule has 7 heteroatoms. The van der Waals surface area contributed by atoms with E-state index >= 15 is 0 Å². The molecule has 0 bridgehead atoms. The number of nitrogens with one attached hydrogen (secondary N) is 1. The number of nitrogens with two attached hydrogens (primary N) is 1. The summed E-state index contributed by atoms with van der Waals surface area (Å²) in [6.45, 7) is 5.89. The lowest BCUT2D eigenvalue weighted by Gasteiger charge is -2.41. The third-order valence-corrected chi connectivity index (χ3v) is 7.88. The molecule has 1 heterocycles. The number of aryl methyl sites for hydroxylation is 1. The second kappa shape index (κ2) is 12.1. The van der Waals surface area contributed by atoms with E-state index in [1.807, 2.05) is 47.4 Å². The quantitative estimate of drug-likeness (QED) is 0.487. The molecule has 2 aliphatic rings. The van der Waals surface area contributed by atoms with Crippen LogP contribution in [0.2, 0.25) is 0 Å². The van der Waals surface area contributed by atoms with Crippen LogP contribution in [0.5, 0.6) is 0 Å². The monoisotopic (exact) mass is 519 g/mol. The van der Waals surface area contributed by atoms with Crippen molar-refractivity contribution in [1.82, 2.24) is 10.2 Å². The number of ether oxygens (including phenoxy) is 1. The summed E-state index contributed by atoms with van der Waals surface area (Å²) >= 11 is 0. The lowest BCUT2D eigenvalue weighted by Crippen LogP contribution is -2.59. The zero-order valence-corrected chi connectivity index (χ0v) is 22.8. The summed E-state index contributed by atoms with van der Waals surface area (Å²) in [4.78, 5) is 42.4. The van der Waals surface area contributed by atoms with Crippen LogP contribution in [-0.2, 0) is 25.5 Å². The first-order valence-corrected chi connectivity index (χ1v) is 13.9. The van der Waals surface area contributed by atoms with Crippen LogP contribution >= 0.6 is 0 Å². The van der Waals surface area contributed by atoms with Gasteiger partial charge in [-0.2, -0.15) is 0 Å². The molecule has 1 fully saturated rings. The second-order valence-electron chi connectivity index (χ2n) is 11.2. The van der Waals surface area contributed by atoms with Gasteiger partial charge in [0.1, 0.15) is 12.0 Å². The summed E-state index contributed by atoms with van der Waals surface area (Å²) in [7, 11) is 0. The number of piperidine rings is 1. The minimum Gasteiger partial charge on any atom is -0.465 e. The Kier molecular flexibility index (Phi) is 8.87. The molecule has 7 nitrogen and oxygen atoms in total. The van der Waals surface area contributed by atoms with E-state index in [-0.39, 0.29) is 36.4 Å². The molecule has 2 aromatic carbocycles. The maximum absolute atomic E-state index is 14.3. The van der Waals surface area contributed by atoms with E-state index in [0.29, 0.717) is 19.4 Å². The molecular weight excluding hydrogens is 478 g/mol. The lowest BCUT2D eigenvalue weighted by atomic mass is 9.84. The topological polar surface area (TPSA) is 102 Å². The highest BCUT2D eigenvalue weighted by Gasteiger charge is 2.42. The summed E-state index contributed by atoms with van der Waals surface area (Å²) in [5, 5.41) is 2.99. The Morgan fingerprint density at radius 3 is 2.47 bits per heavy atom. The van der Waals surface area contributed by atoms with Crippen LogP contribution in [0.1, 0.15) is 81.4 Å². The Bertz CT molecular complexity index is 1130. The first-order chi connectivity index (χ1) is 18.2. The molecule has 1 aliphatic heterocycles. The van der Waals surface area contributed by atoms with Gasteiger partial charge < -0.3 is 20.7 Å². The summed E-state index contributed by atoms with van der Waals surface area (Å²) in [6.07, 6.45) is 4.85. The summed E-state index contributed by atoms with van der Waals surface area (Å²) in [5.74, 6) is -1.26. The van der Waals surface area contributed by atoms with Gasteiger partial charge in [0.15, 0.2) is 0 Å². The highest BCUT2D eigenvalue weighted by molar-refractivity contribution is 5.92. The van der Waals surface area contributed by atoms with Crippen molar-refractivity contribution in [3.05, 3.63) is 71.3 Å². The van der Waals surface area contributed by atoms with Crippen LogP contribution in [0.3, 0.4) is 0 Å². The number of carbonyl (C=O) groups excluding carboxylic acids is 3. The van der Waals surface area contributed by atoms with E-state index in [4.69, 9.17) is 10.5 Å².